The molecule has 1 fully saturated rings. The minimum atomic E-state index is 0.703. The second-order valence-corrected chi connectivity index (χ2v) is 6.10. The highest BCUT2D eigenvalue weighted by molar-refractivity contribution is 5.22. The Hall–Kier alpha value is -1.65. The second kappa shape index (κ2) is 6.41. The van der Waals surface area contributed by atoms with Crippen LogP contribution in [0, 0.1) is 6.92 Å². The number of nitrogens with one attached hydrogen (secondary N) is 1. The highest BCUT2D eigenvalue weighted by Gasteiger charge is 2.20. The van der Waals surface area contributed by atoms with Gasteiger partial charge in [-0.05, 0) is 32.4 Å². The van der Waals surface area contributed by atoms with E-state index in [0.717, 1.165) is 31.1 Å². The van der Waals surface area contributed by atoms with Crippen molar-refractivity contribution >= 4 is 0 Å². The Morgan fingerprint density at radius 1 is 1.29 bits per heavy atom. The standard InChI is InChI=1S/C17H23N3O/c1-13-4-3-5-14(8-13)11-20(2)12-17-9-16(19-21-17)10-18-15-6-7-15/h3-5,8-9,15,18H,6-7,10-12H2,1-2H3. The Morgan fingerprint density at radius 3 is 2.90 bits per heavy atom. The number of benzene rings is 1. The van der Waals surface area contributed by atoms with Crippen molar-refractivity contribution in [3.05, 3.63) is 52.9 Å². The first kappa shape index (κ1) is 14.3. The van der Waals surface area contributed by atoms with Crippen molar-refractivity contribution in [2.45, 2.75) is 45.4 Å². The molecular weight excluding hydrogens is 262 g/mol. The van der Waals surface area contributed by atoms with Crippen LogP contribution in [0.3, 0.4) is 0 Å². The topological polar surface area (TPSA) is 41.3 Å². The monoisotopic (exact) mass is 285 g/mol. The molecule has 112 valence electrons. The van der Waals surface area contributed by atoms with Crippen molar-refractivity contribution in [2.24, 2.45) is 0 Å². The number of hydrogen-bond donors (Lipinski definition) is 1. The Morgan fingerprint density at radius 2 is 2.14 bits per heavy atom. The molecular formula is C17H23N3O. The van der Waals surface area contributed by atoms with Crippen molar-refractivity contribution < 1.29 is 4.52 Å². The van der Waals surface area contributed by atoms with Crippen LogP contribution in [-0.4, -0.2) is 23.1 Å². The average Bonchev–Trinajstić information content (AvgIpc) is 3.17. The molecule has 2 aromatic rings. The van der Waals surface area contributed by atoms with Crippen LogP contribution in [-0.2, 0) is 19.6 Å². The summed E-state index contributed by atoms with van der Waals surface area (Å²) in [5, 5.41) is 7.58. The molecule has 4 nitrogen and oxygen atoms in total. The van der Waals surface area contributed by atoms with E-state index in [9.17, 15) is 0 Å². The Bertz CT molecular complexity index is 589. The molecule has 0 amide bonds. The number of nitrogens with zero attached hydrogens (tertiary/aromatic N) is 2. The van der Waals surface area contributed by atoms with E-state index in [2.05, 4.69) is 59.7 Å². The molecule has 1 aliphatic rings. The lowest BCUT2D eigenvalue weighted by molar-refractivity contribution is 0.265. The number of rotatable bonds is 7. The third-order valence-corrected chi connectivity index (χ3v) is 3.72. The average molecular weight is 285 g/mol. The number of aryl methyl sites for hydroxylation is 1. The maximum absolute atomic E-state index is 5.42. The van der Waals surface area contributed by atoms with Gasteiger partial charge in [0.25, 0.3) is 0 Å². The summed E-state index contributed by atoms with van der Waals surface area (Å²) in [4.78, 5) is 2.24. The molecule has 1 aromatic carbocycles. The van der Waals surface area contributed by atoms with Crippen molar-refractivity contribution in [3.8, 4) is 0 Å². The second-order valence-electron chi connectivity index (χ2n) is 6.10. The fourth-order valence-electron chi connectivity index (χ4n) is 2.49. The molecule has 1 aromatic heterocycles. The van der Waals surface area contributed by atoms with E-state index in [0.29, 0.717) is 6.04 Å². The fraction of sp³-hybridized carbons (Fsp3) is 0.471. The molecule has 3 rings (SSSR count). The Labute approximate surface area is 126 Å². The molecule has 1 saturated carbocycles. The quantitative estimate of drug-likeness (QED) is 0.849. The van der Waals surface area contributed by atoms with E-state index in [4.69, 9.17) is 4.52 Å². The van der Waals surface area contributed by atoms with Crippen LogP contribution >= 0.6 is 0 Å². The summed E-state index contributed by atoms with van der Waals surface area (Å²) in [6.45, 7) is 4.64. The lowest BCUT2D eigenvalue weighted by Crippen LogP contribution is -2.17. The molecule has 1 aliphatic carbocycles. The first-order valence-electron chi connectivity index (χ1n) is 7.61. The van der Waals surface area contributed by atoms with Crippen molar-refractivity contribution in [1.29, 1.82) is 0 Å². The van der Waals surface area contributed by atoms with Gasteiger partial charge in [0.2, 0.25) is 0 Å². The molecule has 0 bridgehead atoms. The van der Waals surface area contributed by atoms with E-state index < -0.39 is 0 Å². The van der Waals surface area contributed by atoms with E-state index in [1.54, 1.807) is 0 Å². The SMILES string of the molecule is Cc1cccc(CN(C)Cc2cc(CNC3CC3)no2)c1. The highest BCUT2D eigenvalue weighted by atomic mass is 16.5. The molecule has 1 N–H and O–H groups in total. The van der Waals surface area contributed by atoms with Crippen LogP contribution in [0.4, 0.5) is 0 Å². The fourth-order valence-corrected chi connectivity index (χ4v) is 2.49. The van der Waals surface area contributed by atoms with E-state index in [1.165, 1.54) is 24.0 Å². The van der Waals surface area contributed by atoms with E-state index >= 15 is 0 Å². The lowest BCUT2D eigenvalue weighted by atomic mass is 10.1. The lowest BCUT2D eigenvalue weighted by Gasteiger charge is -2.14. The van der Waals surface area contributed by atoms with Crippen LogP contribution in [0.25, 0.3) is 0 Å². The summed E-state index contributed by atoms with van der Waals surface area (Å²) < 4.78 is 5.42. The Balaban J connectivity index is 1.50. The van der Waals surface area contributed by atoms with Gasteiger partial charge in [-0.2, -0.15) is 0 Å². The minimum absolute atomic E-state index is 0.703. The van der Waals surface area contributed by atoms with Gasteiger partial charge in [0.1, 0.15) is 0 Å². The number of aromatic nitrogens is 1. The predicted molar refractivity (Wildman–Crippen MR) is 82.7 cm³/mol. The third kappa shape index (κ3) is 4.41. The number of hydrogen-bond acceptors (Lipinski definition) is 4. The van der Waals surface area contributed by atoms with Crippen LogP contribution in [0.1, 0.15) is 35.4 Å². The van der Waals surface area contributed by atoms with Gasteiger partial charge in [-0.25, -0.2) is 0 Å². The van der Waals surface area contributed by atoms with Crippen LogP contribution in [0.2, 0.25) is 0 Å². The third-order valence-electron chi connectivity index (χ3n) is 3.72. The summed E-state index contributed by atoms with van der Waals surface area (Å²) >= 11 is 0. The largest absolute Gasteiger partial charge is 0.360 e. The maximum atomic E-state index is 5.42. The predicted octanol–water partition coefficient (Wildman–Crippen LogP) is 2.87. The maximum Gasteiger partial charge on any atom is 0.151 e. The van der Waals surface area contributed by atoms with Gasteiger partial charge in [0.05, 0.1) is 12.2 Å². The normalized spacial score (nSPS) is 14.8. The zero-order chi connectivity index (χ0) is 14.7. The molecule has 0 spiro atoms. The summed E-state index contributed by atoms with van der Waals surface area (Å²) in [5.74, 6) is 0.928. The minimum Gasteiger partial charge on any atom is -0.360 e. The van der Waals surface area contributed by atoms with Gasteiger partial charge in [0, 0.05) is 25.2 Å². The van der Waals surface area contributed by atoms with E-state index in [1.807, 2.05) is 0 Å². The van der Waals surface area contributed by atoms with E-state index in [-0.39, 0.29) is 0 Å². The van der Waals surface area contributed by atoms with Gasteiger partial charge in [-0.15, -0.1) is 0 Å². The summed E-state index contributed by atoms with van der Waals surface area (Å²) in [7, 11) is 2.10. The molecule has 0 atom stereocenters. The van der Waals surface area contributed by atoms with Crippen molar-refractivity contribution in [3.63, 3.8) is 0 Å². The molecule has 0 radical (unpaired) electrons. The highest BCUT2D eigenvalue weighted by Crippen LogP contribution is 2.19. The molecule has 1 heterocycles. The van der Waals surface area contributed by atoms with Crippen molar-refractivity contribution in [2.75, 3.05) is 7.05 Å². The van der Waals surface area contributed by atoms with Crippen LogP contribution in [0.15, 0.2) is 34.9 Å². The van der Waals surface area contributed by atoms with Crippen LogP contribution in [0.5, 0.6) is 0 Å². The van der Waals surface area contributed by atoms with Gasteiger partial charge in [0.15, 0.2) is 5.76 Å². The molecule has 21 heavy (non-hydrogen) atoms. The Kier molecular flexibility index (Phi) is 4.36. The van der Waals surface area contributed by atoms with Gasteiger partial charge >= 0.3 is 0 Å². The zero-order valence-electron chi connectivity index (χ0n) is 12.8. The first-order chi connectivity index (χ1) is 10.2. The molecule has 0 aliphatic heterocycles. The first-order valence-corrected chi connectivity index (χ1v) is 7.61. The van der Waals surface area contributed by atoms with Crippen molar-refractivity contribution in [1.82, 2.24) is 15.4 Å². The van der Waals surface area contributed by atoms with Gasteiger partial charge in [-0.1, -0.05) is 35.0 Å². The molecule has 4 heteroatoms. The van der Waals surface area contributed by atoms with Crippen LogP contribution < -0.4 is 5.32 Å². The summed E-state index contributed by atoms with van der Waals surface area (Å²) in [6.07, 6.45) is 2.59. The van der Waals surface area contributed by atoms with Gasteiger partial charge < -0.3 is 9.84 Å². The summed E-state index contributed by atoms with van der Waals surface area (Å²) in [6, 6.07) is 11.4. The molecule has 0 saturated heterocycles. The smallest absolute Gasteiger partial charge is 0.151 e. The molecule has 0 unspecified atom stereocenters. The zero-order valence-corrected chi connectivity index (χ0v) is 12.8. The summed E-state index contributed by atoms with van der Waals surface area (Å²) in [5.41, 5.74) is 3.63. The van der Waals surface area contributed by atoms with Gasteiger partial charge in [-0.3, -0.25) is 4.90 Å².